The van der Waals surface area contributed by atoms with E-state index in [9.17, 15) is 13.6 Å². The first-order chi connectivity index (χ1) is 8.86. The maximum Gasteiger partial charge on any atom is 0.268 e. The number of carbonyl (C=O) groups is 1. The minimum atomic E-state index is -0.895. The Labute approximate surface area is 109 Å². The van der Waals surface area contributed by atoms with Crippen LogP contribution >= 0.6 is 0 Å². The average molecular weight is 265 g/mol. The molecule has 0 aliphatic carbocycles. The number of hydrogen-bond donors (Lipinski definition) is 1. The van der Waals surface area contributed by atoms with Gasteiger partial charge in [0.05, 0.1) is 5.69 Å². The molecule has 0 radical (unpaired) electrons. The fraction of sp³-hybridized carbons (Fsp3) is 0.231. The van der Waals surface area contributed by atoms with Gasteiger partial charge in [-0.3, -0.25) is 4.79 Å². The molecule has 1 amide bonds. The molecule has 1 N–H and O–H groups in total. The highest BCUT2D eigenvalue weighted by atomic mass is 19.1. The van der Waals surface area contributed by atoms with E-state index in [-0.39, 0.29) is 11.3 Å². The number of anilines is 1. The van der Waals surface area contributed by atoms with Gasteiger partial charge < -0.3 is 10.2 Å². The second kappa shape index (κ2) is 5.96. The summed E-state index contributed by atoms with van der Waals surface area (Å²) in [6.45, 7) is 1.60. The van der Waals surface area contributed by atoms with Gasteiger partial charge in [-0.25, -0.2) is 8.78 Å². The van der Waals surface area contributed by atoms with Gasteiger partial charge in [0.25, 0.3) is 5.91 Å². The fourth-order valence-corrected chi connectivity index (χ4v) is 1.30. The van der Waals surface area contributed by atoms with E-state index >= 15 is 0 Å². The van der Waals surface area contributed by atoms with Gasteiger partial charge in [-0.1, -0.05) is 0 Å². The van der Waals surface area contributed by atoms with Crippen LogP contribution in [-0.2, 0) is 4.79 Å². The van der Waals surface area contributed by atoms with Crippen molar-refractivity contribution in [1.82, 2.24) is 4.90 Å². The smallest absolute Gasteiger partial charge is 0.268 e. The predicted molar refractivity (Wildman–Crippen MR) is 67.0 cm³/mol. The van der Waals surface area contributed by atoms with E-state index in [0.29, 0.717) is 11.8 Å². The van der Waals surface area contributed by atoms with Crippen LogP contribution in [0.2, 0.25) is 0 Å². The summed E-state index contributed by atoms with van der Waals surface area (Å²) in [5.74, 6) is -2.37. The fourth-order valence-electron chi connectivity index (χ4n) is 1.30. The first-order valence-corrected chi connectivity index (χ1v) is 5.41. The zero-order valence-corrected chi connectivity index (χ0v) is 10.8. The van der Waals surface area contributed by atoms with Crippen molar-refractivity contribution in [2.75, 3.05) is 19.4 Å². The van der Waals surface area contributed by atoms with Crippen LogP contribution in [0.3, 0.4) is 0 Å². The van der Waals surface area contributed by atoms with Crippen LogP contribution in [0.4, 0.5) is 14.5 Å². The van der Waals surface area contributed by atoms with Crippen molar-refractivity contribution >= 4 is 11.6 Å². The van der Waals surface area contributed by atoms with Crippen LogP contribution in [0.25, 0.3) is 0 Å². The summed E-state index contributed by atoms with van der Waals surface area (Å²) in [7, 11) is 3.36. The first-order valence-electron chi connectivity index (χ1n) is 5.41. The Morgan fingerprint density at radius 2 is 2.00 bits per heavy atom. The van der Waals surface area contributed by atoms with Gasteiger partial charge in [-0.2, -0.15) is 5.26 Å². The van der Waals surface area contributed by atoms with Crippen molar-refractivity contribution in [3.63, 3.8) is 0 Å². The van der Waals surface area contributed by atoms with E-state index in [4.69, 9.17) is 5.26 Å². The summed E-state index contributed by atoms with van der Waals surface area (Å²) < 4.78 is 26.1. The maximum atomic E-state index is 13.4. The van der Waals surface area contributed by atoms with Crippen LogP contribution in [-0.4, -0.2) is 24.9 Å². The van der Waals surface area contributed by atoms with Crippen molar-refractivity contribution in [3.8, 4) is 6.07 Å². The predicted octanol–water partition coefficient (Wildman–Crippen LogP) is 2.26. The van der Waals surface area contributed by atoms with Crippen molar-refractivity contribution in [1.29, 1.82) is 5.26 Å². The van der Waals surface area contributed by atoms with Crippen molar-refractivity contribution in [3.05, 3.63) is 41.1 Å². The minimum Gasteiger partial charge on any atom is -0.380 e. The molecule has 4 nitrogen and oxygen atoms in total. The third-order valence-corrected chi connectivity index (χ3v) is 2.55. The van der Waals surface area contributed by atoms with Gasteiger partial charge in [0.1, 0.15) is 23.3 Å². The van der Waals surface area contributed by atoms with E-state index in [1.54, 1.807) is 32.0 Å². The van der Waals surface area contributed by atoms with Crippen molar-refractivity contribution in [2.24, 2.45) is 0 Å². The lowest BCUT2D eigenvalue weighted by molar-refractivity contribution is -0.112. The number of rotatable bonds is 3. The quantitative estimate of drug-likeness (QED) is 0.673. The summed E-state index contributed by atoms with van der Waals surface area (Å²) in [5.41, 5.74) is 0.141. The highest BCUT2D eigenvalue weighted by Gasteiger charge is 2.16. The Morgan fingerprint density at radius 3 is 2.47 bits per heavy atom. The SMILES string of the molecule is C/C(=C(\C#N)C(=O)Nc1ccc(F)cc1F)N(C)C. The summed E-state index contributed by atoms with van der Waals surface area (Å²) in [4.78, 5) is 13.4. The molecule has 0 aromatic heterocycles. The normalized spacial score (nSPS) is 11.4. The molecule has 1 rings (SSSR count). The lowest BCUT2D eigenvalue weighted by Gasteiger charge is -2.15. The standard InChI is InChI=1S/C13H13F2N3O/c1-8(18(2)3)10(7-16)13(19)17-12-5-4-9(14)6-11(12)15/h4-6H,1-3H3,(H,17,19)/b10-8-. The molecular formula is C13H13F2N3O. The number of benzene rings is 1. The number of halogens is 2. The molecule has 0 aliphatic heterocycles. The zero-order valence-electron chi connectivity index (χ0n) is 10.8. The number of nitrogens with one attached hydrogen (secondary N) is 1. The molecule has 1 aromatic carbocycles. The molecule has 0 saturated carbocycles. The van der Waals surface area contributed by atoms with Crippen LogP contribution in [0.1, 0.15) is 6.92 Å². The molecule has 0 bridgehead atoms. The number of nitriles is 1. The van der Waals surface area contributed by atoms with Crippen LogP contribution < -0.4 is 5.32 Å². The summed E-state index contributed by atoms with van der Waals surface area (Å²) in [5, 5.41) is 11.2. The number of hydrogen-bond acceptors (Lipinski definition) is 3. The topological polar surface area (TPSA) is 56.1 Å². The van der Waals surface area contributed by atoms with Gasteiger partial charge in [0.2, 0.25) is 0 Å². The highest BCUT2D eigenvalue weighted by Crippen LogP contribution is 2.16. The largest absolute Gasteiger partial charge is 0.380 e. The van der Waals surface area contributed by atoms with Crippen molar-refractivity contribution < 1.29 is 13.6 Å². The molecule has 0 atom stereocenters. The Kier molecular flexibility index (Phi) is 4.59. The Balaban J connectivity index is 3.03. The van der Waals surface area contributed by atoms with Gasteiger partial charge in [-0.05, 0) is 19.1 Å². The number of carbonyl (C=O) groups excluding carboxylic acids is 1. The molecule has 6 heteroatoms. The monoisotopic (exact) mass is 265 g/mol. The van der Waals surface area contributed by atoms with E-state index in [0.717, 1.165) is 12.1 Å². The number of allylic oxidation sites excluding steroid dienone is 1. The minimum absolute atomic E-state index is 0.131. The summed E-state index contributed by atoms with van der Waals surface area (Å²) in [6, 6.07) is 4.54. The average Bonchev–Trinajstić information content (AvgIpc) is 2.33. The molecule has 1 aromatic rings. The molecule has 0 unspecified atom stereocenters. The lowest BCUT2D eigenvalue weighted by atomic mass is 10.2. The molecule has 0 saturated heterocycles. The molecule has 0 heterocycles. The van der Waals surface area contributed by atoms with Gasteiger partial charge in [0, 0.05) is 25.9 Å². The first kappa shape index (κ1) is 14.6. The molecule has 19 heavy (non-hydrogen) atoms. The van der Waals surface area contributed by atoms with E-state index in [1.165, 1.54) is 0 Å². The molecule has 0 fully saturated rings. The third-order valence-electron chi connectivity index (χ3n) is 2.55. The molecule has 0 aliphatic rings. The summed E-state index contributed by atoms with van der Waals surface area (Å²) in [6.07, 6.45) is 0. The number of amides is 1. The Morgan fingerprint density at radius 1 is 1.37 bits per heavy atom. The summed E-state index contributed by atoms with van der Waals surface area (Å²) >= 11 is 0. The maximum absolute atomic E-state index is 13.4. The molecule has 0 spiro atoms. The van der Waals surface area contributed by atoms with Gasteiger partial charge >= 0.3 is 0 Å². The third kappa shape index (κ3) is 3.52. The zero-order chi connectivity index (χ0) is 14.6. The van der Waals surface area contributed by atoms with Crippen LogP contribution in [0.15, 0.2) is 29.5 Å². The van der Waals surface area contributed by atoms with Gasteiger partial charge in [-0.15, -0.1) is 0 Å². The van der Waals surface area contributed by atoms with Crippen LogP contribution in [0, 0.1) is 23.0 Å². The second-order valence-corrected chi connectivity index (χ2v) is 4.04. The Hall–Kier alpha value is -2.42. The molecule has 100 valence electrons. The lowest BCUT2D eigenvalue weighted by Crippen LogP contribution is -2.20. The highest BCUT2D eigenvalue weighted by molar-refractivity contribution is 6.07. The van der Waals surface area contributed by atoms with E-state index in [1.807, 2.05) is 0 Å². The van der Waals surface area contributed by atoms with E-state index in [2.05, 4.69) is 5.32 Å². The van der Waals surface area contributed by atoms with Crippen LogP contribution in [0.5, 0.6) is 0 Å². The van der Waals surface area contributed by atoms with E-state index < -0.39 is 17.5 Å². The van der Waals surface area contributed by atoms with Crippen molar-refractivity contribution in [2.45, 2.75) is 6.92 Å². The molecular weight excluding hydrogens is 252 g/mol. The Bertz CT molecular complexity index is 574. The second-order valence-electron chi connectivity index (χ2n) is 4.04. The number of nitrogens with zero attached hydrogens (tertiary/aromatic N) is 2. The van der Waals surface area contributed by atoms with Gasteiger partial charge in [0.15, 0.2) is 0 Å².